The number of hydrogen-bond acceptors (Lipinski definition) is 6. The van der Waals surface area contributed by atoms with Crippen LogP contribution >= 0.6 is 11.8 Å². The van der Waals surface area contributed by atoms with Gasteiger partial charge in [-0.2, -0.15) is 4.98 Å². The summed E-state index contributed by atoms with van der Waals surface area (Å²) in [6.45, 7) is 3.02. The zero-order valence-corrected chi connectivity index (χ0v) is 10.7. The van der Waals surface area contributed by atoms with E-state index in [0.29, 0.717) is 30.7 Å². The number of ether oxygens (including phenoxy) is 2. The van der Waals surface area contributed by atoms with Crippen LogP contribution in [0.4, 0.5) is 0 Å². The third kappa shape index (κ3) is 2.43. The largest absolute Gasteiger partial charge is 0.486 e. The Balaban J connectivity index is 1.69. The summed E-state index contributed by atoms with van der Waals surface area (Å²) in [5.74, 6) is 3.55. The molecule has 0 amide bonds. The van der Waals surface area contributed by atoms with Crippen molar-refractivity contribution < 1.29 is 14.0 Å². The molecule has 3 rings (SSSR count). The van der Waals surface area contributed by atoms with Crippen LogP contribution in [0.5, 0.6) is 11.5 Å². The van der Waals surface area contributed by atoms with Crippen molar-refractivity contribution in [1.82, 2.24) is 10.1 Å². The number of fused-ring (bicyclic) bond motifs is 1. The van der Waals surface area contributed by atoms with E-state index in [0.717, 1.165) is 16.4 Å². The third-order valence-electron chi connectivity index (χ3n) is 2.45. The van der Waals surface area contributed by atoms with Crippen molar-refractivity contribution in [2.75, 3.05) is 13.2 Å². The van der Waals surface area contributed by atoms with Gasteiger partial charge in [0.15, 0.2) is 17.3 Å². The number of thioether (sulfide) groups is 1. The van der Waals surface area contributed by atoms with Gasteiger partial charge >= 0.3 is 0 Å². The van der Waals surface area contributed by atoms with Gasteiger partial charge < -0.3 is 14.0 Å². The van der Waals surface area contributed by atoms with E-state index in [4.69, 9.17) is 14.0 Å². The molecule has 0 N–H and O–H groups in total. The highest BCUT2D eigenvalue weighted by molar-refractivity contribution is 7.98. The summed E-state index contributed by atoms with van der Waals surface area (Å²) in [6.07, 6.45) is 0. The lowest BCUT2D eigenvalue weighted by molar-refractivity contribution is 0.171. The Morgan fingerprint density at radius 1 is 1.22 bits per heavy atom. The highest BCUT2D eigenvalue weighted by atomic mass is 32.2. The maximum Gasteiger partial charge on any atom is 0.236 e. The number of nitrogens with zero attached hydrogens (tertiary/aromatic N) is 2. The molecule has 0 radical (unpaired) electrons. The first-order valence-corrected chi connectivity index (χ1v) is 6.61. The molecule has 0 aliphatic carbocycles. The van der Waals surface area contributed by atoms with Gasteiger partial charge in [0.1, 0.15) is 13.2 Å². The molecule has 5 nitrogen and oxygen atoms in total. The molecule has 1 aliphatic rings. The van der Waals surface area contributed by atoms with Crippen molar-refractivity contribution in [2.45, 2.75) is 17.6 Å². The minimum atomic E-state index is 0.601. The lowest BCUT2D eigenvalue weighted by Crippen LogP contribution is -2.15. The monoisotopic (exact) mass is 264 g/mol. The minimum absolute atomic E-state index is 0.601. The first-order chi connectivity index (χ1) is 8.81. The van der Waals surface area contributed by atoms with Crippen molar-refractivity contribution in [2.24, 2.45) is 0 Å². The van der Waals surface area contributed by atoms with Gasteiger partial charge in [-0.3, -0.25) is 0 Å². The van der Waals surface area contributed by atoms with Crippen molar-refractivity contribution >= 4 is 11.8 Å². The molecule has 0 bridgehead atoms. The Labute approximate surface area is 108 Å². The topological polar surface area (TPSA) is 57.4 Å². The maximum absolute atomic E-state index is 5.53. The van der Waals surface area contributed by atoms with E-state index in [-0.39, 0.29) is 0 Å². The molecule has 0 fully saturated rings. The van der Waals surface area contributed by atoms with Gasteiger partial charge in [0.2, 0.25) is 5.89 Å². The second kappa shape index (κ2) is 4.89. The molecule has 0 atom stereocenters. The van der Waals surface area contributed by atoms with Crippen LogP contribution in [0.15, 0.2) is 27.6 Å². The molecule has 6 heteroatoms. The van der Waals surface area contributed by atoms with Gasteiger partial charge in [0, 0.05) is 4.90 Å². The minimum Gasteiger partial charge on any atom is -0.486 e. The van der Waals surface area contributed by atoms with Crippen LogP contribution in [-0.2, 0) is 5.75 Å². The van der Waals surface area contributed by atoms with E-state index in [1.807, 2.05) is 25.1 Å². The third-order valence-corrected chi connectivity index (χ3v) is 3.42. The Morgan fingerprint density at radius 2 is 2.06 bits per heavy atom. The lowest BCUT2D eigenvalue weighted by atomic mass is 10.3. The molecular formula is C12H12N2O3S. The molecule has 2 aromatic rings. The molecule has 0 saturated heterocycles. The van der Waals surface area contributed by atoms with E-state index in [1.54, 1.807) is 11.8 Å². The van der Waals surface area contributed by atoms with Crippen LogP contribution in [0, 0.1) is 6.92 Å². The molecule has 1 aromatic carbocycles. The Kier molecular flexibility index (Phi) is 3.10. The summed E-state index contributed by atoms with van der Waals surface area (Å²) in [5, 5.41) is 3.76. The van der Waals surface area contributed by atoms with Crippen molar-refractivity contribution in [3.8, 4) is 11.5 Å². The van der Waals surface area contributed by atoms with Crippen molar-refractivity contribution in [1.29, 1.82) is 0 Å². The molecule has 0 unspecified atom stereocenters. The molecule has 0 spiro atoms. The van der Waals surface area contributed by atoms with Gasteiger partial charge in [-0.1, -0.05) is 5.16 Å². The van der Waals surface area contributed by atoms with E-state index in [1.165, 1.54) is 0 Å². The zero-order chi connectivity index (χ0) is 12.4. The normalized spacial score (nSPS) is 13.6. The highest BCUT2D eigenvalue weighted by Gasteiger charge is 2.12. The predicted molar refractivity (Wildman–Crippen MR) is 66.0 cm³/mol. The van der Waals surface area contributed by atoms with E-state index >= 15 is 0 Å². The molecule has 1 aliphatic heterocycles. The summed E-state index contributed by atoms with van der Waals surface area (Å²) in [5.41, 5.74) is 0. The van der Waals surface area contributed by atoms with Crippen LogP contribution in [0.3, 0.4) is 0 Å². The molecular weight excluding hydrogens is 252 g/mol. The fourth-order valence-electron chi connectivity index (χ4n) is 1.66. The molecule has 94 valence electrons. The van der Waals surface area contributed by atoms with Gasteiger partial charge in [0.25, 0.3) is 0 Å². The molecule has 2 heterocycles. The summed E-state index contributed by atoms with van der Waals surface area (Å²) < 4.78 is 16.1. The van der Waals surface area contributed by atoms with E-state index < -0.39 is 0 Å². The first kappa shape index (κ1) is 11.4. The summed E-state index contributed by atoms with van der Waals surface area (Å²) in [7, 11) is 0. The highest BCUT2D eigenvalue weighted by Crippen LogP contribution is 2.34. The number of rotatable bonds is 3. The van der Waals surface area contributed by atoms with Gasteiger partial charge in [-0.15, -0.1) is 11.8 Å². The number of benzene rings is 1. The Bertz CT molecular complexity index is 556. The summed E-state index contributed by atoms with van der Waals surface area (Å²) >= 11 is 1.63. The second-order valence-electron chi connectivity index (χ2n) is 3.83. The van der Waals surface area contributed by atoms with Crippen LogP contribution in [-0.4, -0.2) is 23.4 Å². The number of aryl methyl sites for hydroxylation is 1. The van der Waals surface area contributed by atoms with Crippen LogP contribution in [0.25, 0.3) is 0 Å². The maximum atomic E-state index is 5.53. The van der Waals surface area contributed by atoms with Crippen LogP contribution in [0.1, 0.15) is 11.7 Å². The SMILES string of the molecule is Cc1noc(CSc2ccc3c(c2)OCCO3)n1. The Hall–Kier alpha value is -1.69. The molecule has 1 aromatic heterocycles. The van der Waals surface area contributed by atoms with Crippen molar-refractivity contribution in [3.63, 3.8) is 0 Å². The van der Waals surface area contributed by atoms with Gasteiger partial charge in [-0.05, 0) is 25.1 Å². The lowest BCUT2D eigenvalue weighted by Gasteiger charge is -2.18. The van der Waals surface area contributed by atoms with Crippen molar-refractivity contribution in [3.05, 3.63) is 29.9 Å². The molecule has 18 heavy (non-hydrogen) atoms. The summed E-state index contributed by atoms with van der Waals surface area (Å²) in [4.78, 5) is 5.25. The fraction of sp³-hybridized carbons (Fsp3) is 0.333. The quantitative estimate of drug-likeness (QED) is 0.794. The van der Waals surface area contributed by atoms with Crippen LogP contribution < -0.4 is 9.47 Å². The van der Waals surface area contributed by atoms with E-state index in [9.17, 15) is 0 Å². The fourth-order valence-corrected chi connectivity index (χ4v) is 2.42. The van der Waals surface area contributed by atoms with Gasteiger partial charge in [-0.25, -0.2) is 0 Å². The smallest absolute Gasteiger partial charge is 0.236 e. The number of aromatic nitrogens is 2. The van der Waals surface area contributed by atoms with Crippen LogP contribution in [0.2, 0.25) is 0 Å². The first-order valence-electron chi connectivity index (χ1n) is 5.63. The average molecular weight is 264 g/mol. The Morgan fingerprint density at radius 3 is 2.83 bits per heavy atom. The average Bonchev–Trinajstić information content (AvgIpc) is 2.82. The predicted octanol–water partition coefficient (Wildman–Crippen LogP) is 2.44. The zero-order valence-electron chi connectivity index (χ0n) is 9.88. The van der Waals surface area contributed by atoms with E-state index in [2.05, 4.69) is 10.1 Å². The second-order valence-corrected chi connectivity index (χ2v) is 4.88. The number of hydrogen-bond donors (Lipinski definition) is 0. The molecule has 0 saturated carbocycles. The standard InChI is InChI=1S/C12H12N2O3S/c1-8-13-12(17-14-8)7-18-9-2-3-10-11(6-9)16-5-4-15-10/h2-3,6H,4-5,7H2,1H3. The van der Waals surface area contributed by atoms with Gasteiger partial charge in [0.05, 0.1) is 5.75 Å². The summed E-state index contributed by atoms with van der Waals surface area (Å²) in [6, 6.07) is 5.90.